The van der Waals surface area contributed by atoms with Gasteiger partial charge in [0.15, 0.2) is 11.5 Å². The molecule has 0 amide bonds. The number of benzene rings is 1. The van der Waals surface area contributed by atoms with Crippen LogP contribution in [0.3, 0.4) is 0 Å². The number of aromatic hydroxyl groups is 1. The van der Waals surface area contributed by atoms with E-state index in [2.05, 4.69) is 0 Å². The highest BCUT2D eigenvalue weighted by molar-refractivity contribution is 6.47. The standard InChI is InChI=1S/C12H10O4.C10H12O3/c1-7-3-5-9(15-7)11(13)12(14)10-6-4-8(2)16-10;1-2-7-13-10(12)8-3-5-9(11)6-4-8/h3-6H,1-2H3;3-6,11H,2,7H2,1H3. The van der Waals surface area contributed by atoms with Gasteiger partial charge < -0.3 is 18.7 Å². The van der Waals surface area contributed by atoms with Crippen LogP contribution in [0.5, 0.6) is 5.75 Å². The lowest BCUT2D eigenvalue weighted by molar-refractivity contribution is 0.0505. The van der Waals surface area contributed by atoms with E-state index in [4.69, 9.17) is 18.7 Å². The van der Waals surface area contributed by atoms with Gasteiger partial charge in [-0.2, -0.15) is 0 Å². The van der Waals surface area contributed by atoms with Gasteiger partial charge in [0, 0.05) is 0 Å². The molecule has 1 aromatic carbocycles. The summed E-state index contributed by atoms with van der Waals surface area (Å²) in [6.45, 7) is 5.78. The van der Waals surface area contributed by atoms with Crippen molar-refractivity contribution in [3.8, 4) is 5.75 Å². The lowest BCUT2D eigenvalue weighted by Gasteiger charge is -2.02. The van der Waals surface area contributed by atoms with Crippen molar-refractivity contribution in [2.45, 2.75) is 27.2 Å². The quantitative estimate of drug-likeness (QED) is 0.370. The Hall–Kier alpha value is -3.61. The van der Waals surface area contributed by atoms with Crippen molar-refractivity contribution in [2.75, 3.05) is 6.61 Å². The van der Waals surface area contributed by atoms with Gasteiger partial charge in [-0.05, 0) is 68.8 Å². The highest BCUT2D eigenvalue weighted by Crippen LogP contribution is 2.13. The number of phenols is 1. The first-order valence-electron chi connectivity index (χ1n) is 9.00. The molecule has 0 fully saturated rings. The predicted octanol–water partition coefficient (Wildman–Crippen LogP) is 4.51. The van der Waals surface area contributed by atoms with Gasteiger partial charge in [0.1, 0.15) is 17.3 Å². The first-order valence-corrected chi connectivity index (χ1v) is 9.00. The van der Waals surface area contributed by atoms with Gasteiger partial charge in [-0.25, -0.2) is 4.79 Å². The van der Waals surface area contributed by atoms with Crippen LogP contribution in [0.2, 0.25) is 0 Å². The third-order valence-electron chi connectivity index (χ3n) is 3.67. The second-order valence-electron chi connectivity index (χ2n) is 6.16. The summed E-state index contributed by atoms with van der Waals surface area (Å²) in [7, 11) is 0. The zero-order chi connectivity index (χ0) is 21.4. The molecule has 0 saturated carbocycles. The maximum absolute atomic E-state index is 11.7. The molecule has 0 atom stereocenters. The number of carbonyl (C=O) groups excluding carboxylic acids is 3. The van der Waals surface area contributed by atoms with Gasteiger partial charge in [0.2, 0.25) is 0 Å². The van der Waals surface area contributed by atoms with E-state index < -0.39 is 11.6 Å². The molecule has 0 aliphatic heterocycles. The fourth-order valence-electron chi connectivity index (χ4n) is 2.21. The van der Waals surface area contributed by atoms with E-state index in [0.717, 1.165) is 6.42 Å². The van der Waals surface area contributed by atoms with Crippen molar-refractivity contribution in [2.24, 2.45) is 0 Å². The Bertz CT molecular complexity index is 927. The number of ether oxygens (including phenoxy) is 1. The first-order chi connectivity index (χ1) is 13.8. The van der Waals surface area contributed by atoms with E-state index in [9.17, 15) is 14.4 Å². The van der Waals surface area contributed by atoms with E-state index in [1.807, 2.05) is 6.92 Å². The van der Waals surface area contributed by atoms with Crippen LogP contribution in [-0.4, -0.2) is 29.2 Å². The maximum atomic E-state index is 11.7. The molecule has 2 aromatic heterocycles. The molecule has 1 N–H and O–H groups in total. The SMILES string of the molecule is CCCOC(=O)c1ccc(O)cc1.Cc1ccc(C(=O)C(=O)c2ccc(C)o2)o1. The van der Waals surface area contributed by atoms with Crippen LogP contribution < -0.4 is 0 Å². The largest absolute Gasteiger partial charge is 0.508 e. The summed E-state index contributed by atoms with van der Waals surface area (Å²) in [6, 6.07) is 12.2. The Morgan fingerprint density at radius 3 is 1.69 bits per heavy atom. The van der Waals surface area contributed by atoms with Gasteiger partial charge in [-0.3, -0.25) is 9.59 Å². The van der Waals surface area contributed by atoms with Gasteiger partial charge >= 0.3 is 5.97 Å². The van der Waals surface area contributed by atoms with E-state index in [0.29, 0.717) is 23.7 Å². The molecule has 3 rings (SSSR count). The fraction of sp³-hybridized carbons (Fsp3) is 0.227. The normalized spacial score (nSPS) is 10.0. The molecule has 7 nitrogen and oxygen atoms in total. The lowest BCUT2D eigenvalue weighted by Crippen LogP contribution is -2.12. The number of phenolic OH excluding ortho intramolecular Hbond substituents is 1. The predicted molar refractivity (Wildman–Crippen MR) is 104 cm³/mol. The van der Waals surface area contributed by atoms with Crippen LogP contribution in [0.1, 0.15) is 56.3 Å². The average molecular weight is 398 g/mol. The van der Waals surface area contributed by atoms with Crippen molar-refractivity contribution in [3.63, 3.8) is 0 Å². The molecule has 0 aliphatic carbocycles. The van der Waals surface area contributed by atoms with Crippen molar-refractivity contribution in [3.05, 3.63) is 77.1 Å². The highest BCUT2D eigenvalue weighted by atomic mass is 16.5. The topological polar surface area (TPSA) is 107 Å². The molecular weight excluding hydrogens is 376 g/mol. The zero-order valence-electron chi connectivity index (χ0n) is 16.4. The Morgan fingerprint density at radius 2 is 1.31 bits per heavy atom. The van der Waals surface area contributed by atoms with Gasteiger partial charge in [-0.1, -0.05) is 6.92 Å². The minimum absolute atomic E-state index is 0.0385. The van der Waals surface area contributed by atoms with Crippen molar-refractivity contribution in [1.82, 2.24) is 0 Å². The summed E-state index contributed by atoms with van der Waals surface area (Å²) >= 11 is 0. The molecule has 29 heavy (non-hydrogen) atoms. The number of ketones is 2. The zero-order valence-corrected chi connectivity index (χ0v) is 16.4. The summed E-state index contributed by atoms with van der Waals surface area (Å²) in [5.74, 6) is -0.328. The molecule has 7 heteroatoms. The maximum Gasteiger partial charge on any atom is 0.338 e. The molecule has 0 unspecified atom stereocenters. The smallest absolute Gasteiger partial charge is 0.338 e. The molecule has 0 radical (unpaired) electrons. The van der Waals surface area contributed by atoms with Gasteiger partial charge in [0.05, 0.1) is 12.2 Å². The van der Waals surface area contributed by atoms with E-state index in [1.54, 1.807) is 26.0 Å². The molecule has 0 spiro atoms. The molecule has 0 bridgehead atoms. The number of hydrogen-bond acceptors (Lipinski definition) is 7. The number of hydrogen-bond donors (Lipinski definition) is 1. The lowest BCUT2D eigenvalue weighted by atomic mass is 10.2. The minimum Gasteiger partial charge on any atom is -0.508 e. The molecule has 0 saturated heterocycles. The molecule has 2 heterocycles. The van der Waals surface area contributed by atoms with Gasteiger partial charge in [0.25, 0.3) is 11.6 Å². The summed E-state index contributed by atoms with van der Waals surface area (Å²) < 4.78 is 15.1. The number of Topliss-reactive ketones (excluding diaryl/α,β-unsaturated/α-hetero) is 2. The number of rotatable bonds is 6. The van der Waals surface area contributed by atoms with Crippen molar-refractivity contribution < 1.29 is 33.1 Å². The summed E-state index contributed by atoms with van der Waals surface area (Å²) in [5.41, 5.74) is 0.464. The number of aryl methyl sites for hydroxylation is 2. The van der Waals surface area contributed by atoms with Crippen LogP contribution in [0.15, 0.2) is 57.4 Å². The highest BCUT2D eigenvalue weighted by Gasteiger charge is 2.23. The van der Waals surface area contributed by atoms with Crippen molar-refractivity contribution >= 4 is 17.5 Å². The van der Waals surface area contributed by atoms with Crippen LogP contribution >= 0.6 is 0 Å². The minimum atomic E-state index is -0.692. The number of esters is 1. The van der Waals surface area contributed by atoms with E-state index in [-0.39, 0.29) is 23.2 Å². The Kier molecular flexibility index (Phi) is 7.54. The molecule has 0 aliphatic rings. The summed E-state index contributed by atoms with van der Waals surface area (Å²) in [5, 5.41) is 8.96. The number of furan rings is 2. The van der Waals surface area contributed by atoms with Gasteiger partial charge in [-0.15, -0.1) is 0 Å². The molecular formula is C22H22O7. The van der Waals surface area contributed by atoms with Crippen LogP contribution in [0, 0.1) is 13.8 Å². The second kappa shape index (κ2) is 10.1. The Balaban J connectivity index is 0.000000212. The first kappa shape index (κ1) is 21.7. The van der Waals surface area contributed by atoms with Crippen molar-refractivity contribution in [1.29, 1.82) is 0 Å². The molecule has 3 aromatic rings. The fourth-order valence-corrected chi connectivity index (χ4v) is 2.21. The van der Waals surface area contributed by atoms with Crippen LogP contribution in [-0.2, 0) is 4.74 Å². The Morgan fingerprint density at radius 1 is 0.828 bits per heavy atom. The average Bonchev–Trinajstić information content (AvgIpc) is 3.34. The van der Waals surface area contributed by atoms with E-state index >= 15 is 0 Å². The van der Waals surface area contributed by atoms with E-state index in [1.165, 1.54) is 36.4 Å². The third-order valence-corrected chi connectivity index (χ3v) is 3.67. The third kappa shape index (κ3) is 6.21. The second-order valence-corrected chi connectivity index (χ2v) is 6.16. The summed E-state index contributed by atoms with van der Waals surface area (Å²) in [4.78, 5) is 34.5. The number of carbonyl (C=O) groups is 3. The van der Waals surface area contributed by atoms with Crippen LogP contribution in [0.25, 0.3) is 0 Å². The van der Waals surface area contributed by atoms with Crippen LogP contribution in [0.4, 0.5) is 0 Å². The monoisotopic (exact) mass is 398 g/mol. The summed E-state index contributed by atoms with van der Waals surface area (Å²) in [6.07, 6.45) is 0.809. The Labute approximate surface area is 167 Å². The molecule has 152 valence electrons.